The van der Waals surface area contributed by atoms with E-state index in [9.17, 15) is 0 Å². The molecule has 0 aliphatic heterocycles. The minimum atomic E-state index is 0.496. The third-order valence-electron chi connectivity index (χ3n) is 2.72. The molecule has 2 nitrogen and oxygen atoms in total. The third-order valence-corrected chi connectivity index (χ3v) is 2.72. The van der Waals surface area contributed by atoms with Crippen molar-refractivity contribution in [2.75, 3.05) is 0 Å². The molecule has 0 aliphatic rings. The Labute approximate surface area is 96.4 Å². The average Bonchev–Trinajstić information content (AvgIpc) is 2.30. The van der Waals surface area contributed by atoms with Crippen LogP contribution in [0.2, 0.25) is 0 Å². The van der Waals surface area contributed by atoms with E-state index in [-0.39, 0.29) is 0 Å². The first kappa shape index (κ1) is 10.8. The van der Waals surface area contributed by atoms with Crippen molar-refractivity contribution >= 4 is 0 Å². The van der Waals surface area contributed by atoms with Crippen molar-refractivity contribution in [3.63, 3.8) is 0 Å². The van der Waals surface area contributed by atoms with Gasteiger partial charge in [0, 0.05) is 11.9 Å². The molecule has 0 fully saturated rings. The molecule has 16 heavy (non-hydrogen) atoms. The second-order valence-electron chi connectivity index (χ2n) is 4.11. The largest absolute Gasteiger partial charge is 0.242 e. The van der Waals surface area contributed by atoms with Gasteiger partial charge >= 0.3 is 0 Å². The van der Waals surface area contributed by atoms with E-state index >= 15 is 0 Å². The number of benzene rings is 1. The maximum atomic E-state index is 4.43. The summed E-state index contributed by atoms with van der Waals surface area (Å²) in [7, 11) is 0. The lowest BCUT2D eigenvalue weighted by atomic mass is 9.96. The van der Waals surface area contributed by atoms with Crippen LogP contribution in [0.5, 0.6) is 0 Å². The first-order valence-corrected chi connectivity index (χ1v) is 5.59. The highest BCUT2D eigenvalue weighted by Gasteiger charge is 2.07. The molecule has 0 saturated heterocycles. The summed E-state index contributed by atoms with van der Waals surface area (Å²) in [6, 6.07) is 12.5. The van der Waals surface area contributed by atoms with Crippen molar-refractivity contribution in [3.05, 3.63) is 59.7 Å². The van der Waals surface area contributed by atoms with Gasteiger partial charge in [-0.25, -0.2) is 9.97 Å². The molecule has 2 aromatic rings. The Morgan fingerprint density at radius 1 is 1.12 bits per heavy atom. The van der Waals surface area contributed by atoms with Crippen LogP contribution in [0, 0.1) is 6.92 Å². The van der Waals surface area contributed by atoms with Gasteiger partial charge in [-0.15, -0.1) is 0 Å². The lowest BCUT2D eigenvalue weighted by Gasteiger charge is -2.11. The third kappa shape index (κ3) is 2.66. The predicted molar refractivity (Wildman–Crippen MR) is 65.3 cm³/mol. The summed E-state index contributed by atoms with van der Waals surface area (Å²) in [6.45, 7) is 4.16. The highest BCUT2D eigenvalue weighted by molar-refractivity contribution is 5.20. The van der Waals surface area contributed by atoms with E-state index < -0.39 is 0 Å². The van der Waals surface area contributed by atoms with Crippen LogP contribution in [0.4, 0.5) is 0 Å². The van der Waals surface area contributed by atoms with Crippen LogP contribution in [0.1, 0.15) is 29.9 Å². The van der Waals surface area contributed by atoms with Crippen LogP contribution in [-0.4, -0.2) is 9.97 Å². The number of aromatic nitrogens is 2. The zero-order valence-electron chi connectivity index (χ0n) is 9.72. The van der Waals surface area contributed by atoms with Crippen molar-refractivity contribution < 1.29 is 0 Å². The van der Waals surface area contributed by atoms with Crippen molar-refractivity contribution in [1.29, 1.82) is 0 Å². The van der Waals surface area contributed by atoms with Gasteiger partial charge in [0.1, 0.15) is 5.82 Å². The van der Waals surface area contributed by atoms with E-state index in [0.29, 0.717) is 5.92 Å². The standard InChI is InChI=1S/C14H16N2/c1-11(13-6-4-3-5-7-13)10-14-8-9-15-12(2)16-14/h3-9,11H,10H2,1-2H3. The van der Waals surface area contributed by atoms with Gasteiger partial charge in [0.25, 0.3) is 0 Å². The summed E-state index contributed by atoms with van der Waals surface area (Å²) in [4.78, 5) is 8.54. The maximum Gasteiger partial charge on any atom is 0.125 e. The van der Waals surface area contributed by atoms with Gasteiger partial charge in [0.2, 0.25) is 0 Å². The van der Waals surface area contributed by atoms with Gasteiger partial charge in [-0.1, -0.05) is 37.3 Å². The van der Waals surface area contributed by atoms with E-state index in [1.54, 1.807) is 0 Å². The molecular weight excluding hydrogens is 196 g/mol. The molecule has 1 heterocycles. The second kappa shape index (κ2) is 4.88. The Hall–Kier alpha value is -1.70. The molecule has 82 valence electrons. The maximum absolute atomic E-state index is 4.43. The normalized spacial score (nSPS) is 12.4. The molecule has 0 N–H and O–H groups in total. The van der Waals surface area contributed by atoms with Gasteiger partial charge in [0.05, 0.1) is 0 Å². The van der Waals surface area contributed by atoms with Gasteiger partial charge in [-0.05, 0) is 30.9 Å². The summed E-state index contributed by atoms with van der Waals surface area (Å²) >= 11 is 0. The van der Waals surface area contributed by atoms with E-state index in [1.165, 1.54) is 5.56 Å². The molecule has 0 spiro atoms. The summed E-state index contributed by atoms with van der Waals surface area (Å²) in [5.41, 5.74) is 2.47. The zero-order valence-corrected chi connectivity index (χ0v) is 9.72. The Morgan fingerprint density at radius 3 is 2.56 bits per heavy atom. The monoisotopic (exact) mass is 212 g/mol. The van der Waals surface area contributed by atoms with E-state index in [0.717, 1.165) is 17.9 Å². The van der Waals surface area contributed by atoms with Gasteiger partial charge in [-0.2, -0.15) is 0 Å². The van der Waals surface area contributed by atoms with Crippen molar-refractivity contribution in [3.8, 4) is 0 Å². The molecule has 1 aromatic heterocycles. The first-order valence-electron chi connectivity index (χ1n) is 5.59. The molecule has 1 unspecified atom stereocenters. The van der Waals surface area contributed by atoms with Gasteiger partial charge in [-0.3, -0.25) is 0 Å². The molecular formula is C14H16N2. The second-order valence-corrected chi connectivity index (χ2v) is 4.11. The number of rotatable bonds is 3. The number of hydrogen-bond donors (Lipinski definition) is 0. The number of aryl methyl sites for hydroxylation is 1. The van der Waals surface area contributed by atoms with E-state index in [1.807, 2.05) is 25.3 Å². The molecule has 1 atom stereocenters. The van der Waals surface area contributed by atoms with E-state index in [4.69, 9.17) is 0 Å². The Morgan fingerprint density at radius 2 is 1.88 bits per heavy atom. The molecule has 0 bridgehead atoms. The minimum Gasteiger partial charge on any atom is -0.242 e. The molecule has 2 heteroatoms. The predicted octanol–water partition coefficient (Wildman–Crippen LogP) is 3.13. The van der Waals surface area contributed by atoms with Crippen LogP contribution in [0.3, 0.4) is 0 Å². The molecule has 0 radical (unpaired) electrons. The average molecular weight is 212 g/mol. The van der Waals surface area contributed by atoms with Crippen LogP contribution in [0.25, 0.3) is 0 Å². The quantitative estimate of drug-likeness (QED) is 0.781. The molecule has 0 amide bonds. The molecule has 0 saturated carbocycles. The van der Waals surface area contributed by atoms with Gasteiger partial charge < -0.3 is 0 Å². The fourth-order valence-electron chi connectivity index (χ4n) is 1.83. The zero-order chi connectivity index (χ0) is 11.4. The first-order chi connectivity index (χ1) is 7.75. The molecule has 0 aliphatic carbocycles. The van der Waals surface area contributed by atoms with Crippen molar-refractivity contribution in [2.45, 2.75) is 26.2 Å². The highest BCUT2D eigenvalue weighted by atomic mass is 14.9. The summed E-state index contributed by atoms with van der Waals surface area (Å²) < 4.78 is 0. The Bertz CT molecular complexity index is 451. The molecule has 1 aromatic carbocycles. The van der Waals surface area contributed by atoms with Gasteiger partial charge in [0.15, 0.2) is 0 Å². The fourth-order valence-corrected chi connectivity index (χ4v) is 1.83. The highest BCUT2D eigenvalue weighted by Crippen LogP contribution is 2.18. The SMILES string of the molecule is Cc1nccc(CC(C)c2ccccc2)n1. The Kier molecular flexibility index (Phi) is 3.30. The van der Waals surface area contributed by atoms with Crippen molar-refractivity contribution in [2.24, 2.45) is 0 Å². The van der Waals surface area contributed by atoms with Crippen LogP contribution in [0.15, 0.2) is 42.6 Å². The van der Waals surface area contributed by atoms with Crippen molar-refractivity contribution in [1.82, 2.24) is 9.97 Å². The molecule has 2 rings (SSSR count). The summed E-state index contributed by atoms with van der Waals surface area (Å²) in [6.07, 6.45) is 2.79. The number of hydrogen-bond acceptors (Lipinski definition) is 2. The van der Waals surface area contributed by atoms with E-state index in [2.05, 4.69) is 41.2 Å². The Balaban J connectivity index is 2.11. The lowest BCUT2D eigenvalue weighted by molar-refractivity contribution is 0.733. The lowest BCUT2D eigenvalue weighted by Crippen LogP contribution is -2.01. The topological polar surface area (TPSA) is 25.8 Å². The fraction of sp³-hybridized carbons (Fsp3) is 0.286. The minimum absolute atomic E-state index is 0.496. The van der Waals surface area contributed by atoms with Crippen LogP contribution < -0.4 is 0 Å². The summed E-state index contributed by atoms with van der Waals surface area (Å²) in [5, 5.41) is 0. The number of nitrogens with zero attached hydrogens (tertiary/aromatic N) is 2. The summed E-state index contributed by atoms with van der Waals surface area (Å²) in [5.74, 6) is 1.34. The van der Waals surface area contributed by atoms with Crippen LogP contribution >= 0.6 is 0 Å². The smallest absolute Gasteiger partial charge is 0.125 e. The van der Waals surface area contributed by atoms with Crippen LogP contribution in [-0.2, 0) is 6.42 Å².